The van der Waals surface area contributed by atoms with Gasteiger partial charge in [0.2, 0.25) is 0 Å². The Balaban J connectivity index is 1.99. The molecule has 0 aromatic heterocycles. The second kappa shape index (κ2) is 8.99. The molecule has 0 saturated carbocycles. The third-order valence-electron chi connectivity index (χ3n) is 4.11. The number of benzene rings is 2. The van der Waals surface area contributed by atoms with Crippen molar-refractivity contribution in [1.29, 1.82) is 0 Å². The molecular formula is C21H24BrNO3. The monoisotopic (exact) mass is 417 g/mol. The molecule has 26 heavy (non-hydrogen) atoms. The lowest BCUT2D eigenvalue weighted by Gasteiger charge is -2.19. The molecule has 0 fully saturated rings. The minimum atomic E-state index is -0.863. The topological polar surface area (TPSA) is 55.4 Å². The quantitative estimate of drug-likeness (QED) is 0.673. The highest BCUT2D eigenvalue weighted by Gasteiger charge is 2.20. The summed E-state index contributed by atoms with van der Waals surface area (Å²) in [4.78, 5) is 24.6. The number of aryl methyl sites for hydroxylation is 1. The van der Waals surface area contributed by atoms with Crippen LogP contribution in [0.25, 0.3) is 0 Å². The summed E-state index contributed by atoms with van der Waals surface area (Å²) in [5, 5.41) is 2.91. The van der Waals surface area contributed by atoms with Gasteiger partial charge in [0, 0.05) is 10.2 Å². The summed E-state index contributed by atoms with van der Waals surface area (Å²) in [5.41, 5.74) is 3.68. The number of ether oxygens (including phenoxy) is 1. The summed E-state index contributed by atoms with van der Waals surface area (Å²) >= 11 is 3.36. The summed E-state index contributed by atoms with van der Waals surface area (Å²) in [6.07, 6.45) is -0.732. The van der Waals surface area contributed by atoms with Crippen LogP contribution in [0.15, 0.2) is 46.9 Å². The van der Waals surface area contributed by atoms with E-state index in [1.807, 2.05) is 49.4 Å². The number of carbonyl (C=O) groups is 2. The van der Waals surface area contributed by atoms with Crippen LogP contribution in [-0.2, 0) is 20.7 Å². The van der Waals surface area contributed by atoms with E-state index in [-0.39, 0.29) is 18.2 Å². The molecule has 0 aliphatic heterocycles. The molecular weight excluding hydrogens is 394 g/mol. The van der Waals surface area contributed by atoms with Gasteiger partial charge in [-0.2, -0.15) is 0 Å². The van der Waals surface area contributed by atoms with Crippen LogP contribution in [0, 0.1) is 6.92 Å². The third kappa shape index (κ3) is 5.43. The molecule has 0 aliphatic rings. The molecule has 0 heterocycles. The van der Waals surface area contributed by atoms with Crippen LogP contribution in [0.1, 0.15) is 43.4 Å². The molecule has 0 unspecified atom stereocenters. The second-order valence-corrected chi connectivity index (χ2v) is 7.53. The Hall–Kier alpha value is -2.14. The van der Waals surface area contributed by atoms with E-state index in [1.165, 1.54) is 0 Å². The number of nitrogens with one attached hydrogen (secondary N) is 1. The predicted octanol–water partition coefficient (Wildman–Crippen LogP) is 4.99. The fourth-order valence-electron chi connectivity index (χ4n) is 2.63. The van der Waals surface area contributed by atoms with Gasteiger partial charge < -0.3 is 10.1 Å². The maximum absolute atomic E-state index is 12.5. The summed E-state index contributed by atoms with van der Waals surface area (Å²) < 4.78 is 6.24. The van der Waals surface area contributed by atoms with Crippen molar-refractivity contribution >= 4 is 33.5 Å². The Bertz CT molecular complexity index is 784. The van der Waals surface area contributed by atoms with Crippen LogP contribution in [0.5, 0.6) is 0 Å². The molecule has 0 saturated heterocycles. The van der Waals surface area contributed by atoms with Crippen molar-refractivity contribution in [3.8, 4) is 0 Å². The van der Waals surface area contributed by atoms with Crippen LogP contribution in [0.2, 0.25) is 0 Å². The summed E-state index contributed by atoms with van der Waals surface area (Å²) in [6, 6.07) is 13.3. The number of carbonyl (C=O) groups excluding carboxylic acids is 2. The van der Waals surface area contributed by atoms with Crippen LogP contribution >= 0.6 is 15.9 Å². The third-order valence-corrected chi connectivity index (χ3v) is 4.64. The lowest BCUT2D eigenvalue weighted by atomic mass is 9.98. The van der Waals surface area contributed by atoms with Gasteiger partial charge in [-0.25, -0.2) is 0 Å². The van der Waals surface area contributed by atoms with Gasteiger partial charge in [0.05, 0.1) is 6.42 Å². The Labute approximate surface area is 163 Å². The fraction of sp³-hybridized carbons (Fsp3) is 0.333. The van der Waals surface area contributed by atoms with Gasteiger partial charge in [-0.05, 0) is 48.6 Å². The molecule has 1 amide bonds. The number of para-hydroxylation sites is 1. The molecule has 138 valence electrons. The van der Waals surface area contributed by atoms with Crippen molar-refractivity contribution < 1.29 is 14.3 Å². The van der Waals surface area contributed by atoms with Crippen molar-refractivity contribution in [3.05, 3.63) is 63.6 Å². The summed E-state index contributed by atoms with van der Waals surface area (Å²) in [5.74, 6) is -0.477. The van der Waals surface area contributed by atoms with Gasteiger partial charge in [-0.3, -0.25) is 9.59 Å². The molecule has 5 heteroatoms. The van der Waals surface area contributed by atoms with Gasteiger partial charge >= 0.3 is 5.97 Å². The SMILES string of the molecule is Cc1cccc(C(C)C)c1NC(=O)[C@H](C)OC(=O)Cc1ccc(Br)cc1. The lowest BCUT2D eigenvalue weighted by Crippen LogP contribution is -2.31. The van der Waals surface area contributed by atoms with Crippen molar-refractivity contribution in [2.75, 3.05) is 5.32 Å². The zero-order valence-corrected chi connectivity index (χ0v) is 17.1. The minimum Gasteiger partial charge on any atom is -0.452 e. The molecule has 0 radical (unpaired) electrons. The zero-order chi connectivity index (χ0) is 19.3. The first kappa shape index (κ1) is 20.2. The van der Waals surface area contributed by atoms with E-state index >= 15 is 0 Å². The van der Waals surface area contributed by atoms with Gasteiger partial charge in [-0.1, -0.05) is 60.1 Å². The fourth-order valence-corrected chi connectivity index (χ4v) is 2.89. The molecule has 0 aliphatic carbocycles. The predicted molar refractivity (Wildman–Crippen MR) is 107 cm³/mol. The Morgan fingerprint density at radius 3 is 2.35 bits per heavy atom. The normalized spacial score (nSPS) is 11.9. The Kier molecular flexibility index (Phi) is 6.98. The van der Waals surface area contributed by atoms with E-state index < -0.39 is 12.1 Å². The van der Waals surface area contributed by atoms with E-state index in [0.29, 0.717) is 0 Å². The number of hydrogen-bond donors (Lipinski definition) is 1. The van der Waals surface area contributed by atoms with Crippen molar-refractivity contribution in [2.24, 2.45) is 0 Å². The van der Waals surface area contributed by atoms with Crippen molar-refractivity contribution in [2.45, 2.75) is 46.1 Å². The first-order valence-corrected chi connectivity index (χ1v) is 9.41. The molecule has 1 N–H and O–H groups in total. The van der Waals surface area contributed by atoms with E-state index in [4.69, 9.17) is 4.74 Å². The van der Waals surface area contributed by atoms with E-state index in [1.54, 1.807) is 6.92 Å². The number of amides is 1. The molecule has 0 bridgehead atoms. The van der Waals surface area contributed by atoms with Crippen molar-refractivity contribution in [3.63, 3.8) is 0 Å². The number of hydrogen-bond acceptors (Lipinski definition) is 3. The van der Waals surface area contributed by atoms with Gasteiger partial charge in [0.25, 0.3) is 5.91 Å². The van der Waals surface area contributed by atoms with Crippen molar-refractivity contribution in [1.82, 2.24) is 0 Å². The molecule has 0 spiro atoms. The van der Waals surface area contributed by atoms with E-state index in [9.17, 15) is 9.59 Å². The van der Waals surface area contributed by atoms with Crippen LogP contribution in [0.4, 0.5) is 5.69 Å². The van der Waals surface area contributed by atoms with Crippen LogP contribution < -0.4 is 5.32 Å². The summed E-state index contributed by atoms with van der Waals surface area (Å²) in [6.45, 7) is 7.69. The van der Waals surface area contributed by atoms with E-state index in [2.05, 4.69) is 35.1 Å². The maximum atomic E-state index is 12.5. The number of anilines is 1. The zero-order valence-electron chi connectivity index (χ0n) is 15.5. The highest BCUT2D eigenvalue weighted by atomic mass is 79.9. The van der Waals surface area contributed by atoms with E-state index in [0.717, 1.165) is 26.9 Å². The first-order chi connectivity index (χ1) is 12.3. The average Bonchev–Trinajstić information content (AvgIpc) is 2.58. The minimum absolute atomic E-state index is 0.131. The molecule has 4 nitrogen and oxygen atoms in total. The molecule has 1 atom stereocenters. The highest BCUT2D eigenvalue weighted by molar-refractivity contribution is 9.10. The average molecular weight is 418 g/mol. The second-order valence-electron chi connectivity index (χ2n) is 6.62. The van der Waals surface area contributed by atoms with Gasteiger partial charge in [0.1, 0.15) is 0 Å². The Morgan fingerprint density at radius 1 is 1.08 bits per heavy atom. The van der Waals surface area contributed by atoms with Gasteiger partial charge in [0.15, 0.2) is 6.10 Å². The lowest BCUT2D eigenvalue weighted by molar-refractivity contribution is -0.152. The maximum Gasteiger partial charge on any atom is 0.311 e. The van der Waals surface area contributed by atoms with Crippen LogP contribution in [-0.4, -0.2) is 18.0 Å². The largest absolute Gasteiger partial charge is 0.452 e. The first-order valence-electron chi connectivity index (χ1n) is 8.62. The standard InChI is InChI=1S/C21H24BrNO3/c1-13(2)18-7-5-6-14(3)20(18)23-21(25)15(4)26-19(24)12-16-8-10-17(22)11-9-16/h5-11,13,15H,12H2,1-4H3,(H,23,25)/t15-/m0/s1. The molecule has 2 aromatic carbocycles. The smallest absolute Gasteiger partial charge is 0.311 e. The number of rotatable bonds is 6. The van der Waals surface area contributed by atoms with Gasteiger partial charge in [-0.15, -0.1) is 0 Å². The molecule has 2 rings (SSSR count). The van der Waals surface area contributed by atoms with Crippen LogP contribution in [0.3, 0.4) is 0 Å². The molecule has 2 aromatic rings. The number of esters is 1. The highest BCUT2D eigenvalue weighted by Crippen LogP contribution is 2.27. The Morgan fingerprint density at radius 2 is 1.73 bits per heavy atom. The summed E-state index contributed by atoms with van der Waals surface area (Å²) in [7, 11) is 0. The number of halogens is 1.